The number of piperidine rings is 1. The SMILES string of the molecule is CSCC(=O)NC1CCNCC1C.Cl. The maximum atomic E-state index is 11.3. The fraction of sp³-hybridized carbons (Fsp3) is 0.889. The first-order chi connectivity index (χ1) is 6.24. The van der Waals surface area contributed by atoms with Crippen LogP contribution in [0.2, 0.25) is 0 Å². The molecule has 1 amide bonds. The van der Waals surface area contributed by atoms with Crippen molar-refractivity contribution in [2.45, 2.75) is 19.4 Å². The van der Waals surface area contributed by atoms with E-state index in [1.807, 2.05) is 6.26 Å². The van der Waals surface area contributed by atoms with Gasteiger partial charge in [0.15, 0.2) is 0 Å². The van der Waals surface area contributed by atoms with Crippen LogP contribution >= 0.6 is 24.2 Å². The first kappa shape index (κ1) is 14.1. The molecule has 3 nitrogen and oxygen atoms in total. The van der Waals surface area contributed by atoms with Crippen molar-refractivity contribution in [3.05, 3.63) is 0 Å². The molecule has 1 saturated heterocycles. The molecule has 1 aliphatic rings. The quantitative estimate of drug-likeness (QED) is 0.767. The van der Waals surface area contributed by atoms with Crippen molar-refractivity contribution in [3.63, 3.8) is 0 Å². The Morgan fingerprint density at radius 1 is 1.64 bits per heavy atom. The molecular weight excluding hydrogens is 220 g/mol. The standard InChI is InChI=1S/C9H18N2OS.ClH/c1-7-5-10-4-3-8(7)11-9(12)6-13-2;/h7-8,10H,3-6H2,1-2H3,(H,11,12);1H. The fourth-order valence-corrected chi connectivity index (χ4v) is 1.95. The van der Waals surface area contributed by atoms with Gasteiger partial charge in [0.05, 0.1) is 5.75 Å². The molecule has 0 aromatic carbocycles. The first-order valence-electron chi connectivity index (χ1n) is 4.73. The predicted molar refractivity (Wildman–Crippen MR) is 64.2 cm³/mol. The van der Waals surface area contributed by atoms with Gasteiger partial charge in [0.25, 0.3) is 0 Å². The van der Waals surface area contributed by atoms with Gasteiger partial charge in [-0.25, -0.2) is 0 Å². The summed E-state index contributed by atoms with van der Waals surface area (Å²) < 4.78 is 0. The number of hydrogen-bond acceptors (Lipinski definition) is 3. The van der Waals surface area contributed by atoms with Crippen molar-refractivity contribution in [2.24, 2.45) is 5.92 Å². The van der Waals surface area contributed by atoms with Gasteiger partial charge in [0, 0.05) is 6.04 Å². The third-order valence-corrected chi connectivity index (χ3v) is 2.96. The molecule has 0 aromatic rings. The minimum absolute atomic E-state index is 0. The number of carbonyl (C=O) groups excluding carboxylic acids is 1. The van der Waals surface area contributed by atoms with E-state index >= 15 is 0 Å². The van der Waals surface area contributed by atoms with Gasteiger partial charge in [-0.3, -0.25) is 4.79 Å². The summed E-state index contributed by atoms with van der Waals surface area (Å²) in [6, 6.07) is 0.376. The Bertz CT molecular complexity index is 180. The second-order valence-electron chi connectivity index (χ2n) is 3.58. The molecule has 14 heavy (non-hydrogen) atoms. The van der Waals surface area contributed by atoms with Gasteiger partial charge in [-0.2, -0.15) is 11.8 Å². The molecule has 0 radical (unpaired) electrons. The Kier molecular flexibility index (Phi) is 7.41. The summed E-state index contributed by atoms with van der Waals surface area (Å²) in [4.78, 5) is 11.3. The summed E-state index contributed by atoms with van der Waals surface area (Å²) >= 11 is 1.57. The van der Waals surface area contributed by atoms with Gasteiger partial charge >= 0.3 is 0 Å². The largest absolute Gasteiger partial charge is 0.352 e. The lowest BCUT2D eigenvalue weighted by Gasteiger charge is -2.30. The molecule has 2 unspecified atom stereocenters. The van der Waals surface area contributed by atoms with E-state index < -0.39 is 0 Å². The maximum absolute atomic E-state index is 11.3. The van der Waals surface area contributed by atoms with Gasteiger partial charge in [0.2, 0.25) is 5.91 Å². The monoisotopic (exact) mass is 238 g/mol. The van der Waals surface area contributed by atoms with Crippen molar-refractivity contribution in [1.29, 1.82) is 0 Å². The summed E-state index contributed by atoms with van der Waals surface area (Å²) in [6.07, 6.45) is 3.01. The van der Waals surface area contributed by atoms with E-state index in [9.17, 15) is 4.79 Å². The van der Waals surface area contributed by atoms with E-state index in [2.05, 4.69) is 17.6 Å². The van der Waals surface area contributed by atoms with Crippen molar-refractivity contribution in [1.82, 2.24) is 10.6 Å². The van der Waals surface area contributed by atoms with Crippen molar-refractivity contribution >= 4 is 30.1 Å². The normalized spacial score (nSPS) is 26.4. The smallest absolute Gasteiger partial charge is 0.230 e. The molecular formula is C9H19ClN2OS. The zero-order chi connectivity index (χ0) is 9.68. The second kappa shape index (κ2) is 7.37. The Morgan fingerprint density at radius 2 is 2.36 bits per heavy atom. The Morgan fingerprint density at radius 3 is 2.93 bits per heavy atom. The highest BCUT2D eigenvalue weighted by Crippen LogP contribution is 2.10. The Hall–Kier alpha value is 0.0700. The van der Waals surface area contributed by atoms with Crippen LogP contribution in [0.4, 0.5) is 0 Å². The summed E-state index contributed by atoms with van der Waals surface area (Å²) in [5, 5.41) is 6.38. The third-order valence-electron chi connectivity index (χ3n) is 2.41. The highest BCUT2D eigenvalue weighted by Gasteiger charge is 2.21. The average Bonchev–Trinajstić information content (AvgIpc) is 2.09. The van der Waals surface area contributed by atoms with E-state index in [0.29, 0.717) is 17.7 Å². The summed E-state index contributed by atoms with van der Waals surface area (Å²) in [6.45, 7) is 4.22. The lowest BCUT2D eigenvalue weighted by atomic mass is 9.95. The van der Waals surface area contributed by atoms with Crippen molar-refractivity contribution in [3.8, 4) is 0 Å². The molecule has 2 atom stereocenters. The number of amides is 1. The molecule has 0 aliphatic carbocycles. The van der Waals surface area contributed by atoms with Crippen LogP contribution in [-0.2, 0) is 4.79 Å². The molecule has 84 valence electrons. The molecule has 0 bridgehead atoms. The number of carbonyl (C=O) groups is 1. The van der Waals surface area contributed by atoms with Gasteiger partial charge in [-0.05, 0) is 31.7 Å². The van der Waals surface area contributed by atoms with Crippen LogP contribution < -0.4 is 10.6 Å². The topological polar surface area (TPSA) is 41.1 Å². The first-order valence-corrected chi connectivity index (χ1v) is 6.12. The van der Waals surface area contributed by atoms with Gasteiger partial charge in [-0.15, -0.1) is 12.4 Å². The van der Waals surface area contributed by atoms with Crippen molar-refractivity contribution in [2.75, 3.05) is 25.1 Å². The molecule has 1 heterocycles. The number of thioether (sulfide) groups is 1. The summed E-state index contributed by atoms with van der Waals surface area (Å²) in [7, 11) is 0. The molecule has 0 saturated carbocycles. The highest BCUT2D eigenvalue weighted by molar-refractivity contribution is 7.99. The third kappa shape index (κ3) is 4.53. The van der Waals surface area contributed by atoms with E-state index in [4.69, 9.17) is 0 Å². The molecule has 0 aromatic heterocycles. The molecule has 5 heteroatoms. The minimum atomic E-state index is 0. The molecule has 1 aliphatic heterocycles. The lowest BCUT2D eigenvalue weighted by molar-refractivity contribution is -0.119. The van der Waals surface area contributed by atoms with E-state index in [1.165, 1.54) is 0 Å². The summed E-state index contributed by atoms with van der Waals surface area (Å²) in [5.41, 5.74) is 0. The van der Waals surface area contributed by atoms with Crippen LogP contribution in [0, 0.1) is 5.92 Å². The van der Waals surface area contributed by atoms with E-state index in [-0.39, 0.29) is 18.3 Å². The zero-order valence-electron chi connectivity index (χ0n) is 8.71. The second-order valence-corrected chi connectivity index (χ2v) is 4.44. The highest BCUT2D eigenvalue weighted by atomic mass is 35.5. The zero-order valence-corrected chi connectivity index (χ0v) is 10.3. The molecule has 1 fully saturated rings. The minimum Gasteiger partial charge on any atom is -0.352 e. The number of rotatable bonds is 3. The summed E-state index contributed by atoms with van der Waals surface area (Å²) in [5.74, 6) is 1.31. The number of halogens is 1. The van der Waals surface area contributed by atoms with Crippen LogP contribution in [0.25, 0.3) is 0 Å². The molecule has 0 spiro atoms. The van der Waals surface area contributed by atoms with E-state index in [0.717, 1.165) is 19.5 Å². The Labute approximate surface area is 96.2 Å². The van der Waals surface area contributed by atoms with Crippen LogP contribution in [0.15, 0.2) is 0 Å². The predicted octanol–water partition coefficient (Wildman–Crippen LogP) is 0.885. The number of hydrogen-bond donors (Lipinski definition) is 2. The maximum Gasteiger partial charge on any atom is 0.230 e. The van der Waals surface area contributed by atoms with Crippen LogP contribution in [0.3, 0.4) is 0 Å². The molecule has 2 N–H and O–H groups in total. The lowest BCUT2D eigenvalue weighted by Crippen LogP contribution is -2.48. The van der Waals surface area contributed by atoms with Crippen LogP contribution in [0.5, 0.6) is 0 Å². The van der Waals surface area contributed by atoms with Crippen molar-refractivity contribution < 1.29 is 4.79 Å². The average molecular weight is 239 g/mol. The van der Waals surface area contributed by atoms with Gasteiger partial charge < -0.3 is 10.6 Å². The Balaban J connectivity index is 0.00000169. The van der Waals surface area contributed by atoms with Gasteiger partial charge in [0.1, 0.15) is 0 Å². The molecule has 1 rings (SSSR count). The van der Waals surface area contributed by atoms with E-state index in [1.54, 1.807) is 11.8 Å². The van der Waals surface area contributed by atoms with Crippen LogP contribution in [-0.4, -0.2) is 37.0 Å². The van der Waals surface area contributed by atoms with Crippen LogP contribution in [0.1, 0.15) is 13.3 Å². The van der Waals surface area contributed by atoms with Gasteiger partial charge in [-0.1, -0.05) is 6.92 Å². The number of nitrogens with one attached hydrogen (secondary N) is 2. The fourth-order valence-electron chi connectivity index (χ4n) is 1.61.